The fraction of sp³-hybridized carbons (Fsp3) is 0.136. The highest BCUT2D eigenvalue weighted by Crippen LogP contribution is 2.41. The van der Waals surface area contributed by atoms with E-state index in [0.29, 0.717) is 0 Å². The minimum Gasteiger partial charge on any atom is -0.493 e. The summed E-state index contributed by atoms with van der Waals surface area (Å²) in [5.41, 5.74) is 4.93. The van der Waals surface area contributed by atoms with Gasteiger partial charge in [0.05, 0.1) is 7.11 Å². The Morgan fingerprint density at radius 1 is 1.06 bits per heavy atom. The number of hydrogen-bond donors (Lipinski definition) is 4. The number of anilines is 1. The standard InChI is InChI=1S/C22H20N2O7/c1-11-5-3-6-12(9-11)10-31-18-13(7-4-8-14(18)30-2)15-16(21(26)27)19(23)24-20(25)17(15)22(28)29/h3-9H,10H2,1-2H3,(H,26,27)(H,28,29)(H3,23,24,25). The lowest BCUT2D eigenvalue weighted by atomic mass is 9.94. The summed E-state index contributed by atoms with van der Waals surface area (Å²) in [7, 11) is 1.39. The molecule has 0 aliphatic carbocycles. The van der Waals surface area contributed by atoms with Crippen LogP contribution in [-0.4, -0.2) is 34.2 Å². The quantitative estimate of drug-likeness (QED) is 0.452. The van der Waals surface area contributed by atoms with Crippen molar-refractivity contribution in [3.63, 3.8) is 0 Å². The molecule has 0 radical (unpaired) electrons. The number of methoxy groups -OCH3 is 1. The summed E-state index contributed by atoms with van der Waals surface area (Å²) in [5, 5.41) is 19.3. The van der Waals surface area contributed by atoms with Gasteiger partial charge in [-0.05, 0) is 18.6 Å². The lowest BCUT2D eigenvalue weighted by molar-refractivity contribution is 0.0695. The molecular weight excluding hydrogens is 404 g/mol. The molecule has 0 saturated heterocycles. The third-order valence-corrected chi connectivity index (χ3v) is 4.61. The number of carbonyl (C=O) groups is 2. The van der Waals surface area contributed by atoms with Crippen molar-refractivity contribution in [3.05, 3.63) is 75.1 Å². The second kappa shape index (κ2) is 8.62. The predicted molar refractivity (Wildman–Crippen MR) is 113 cm³/mol. The first kappa shape index (κ1) is 21.4. The zero-order chi connectivity index (χ0) is 22.7. The Morgan fingerprint density at radius 2 is 1.74 bits per heavy atom. The number of H-pyrrole nitrogens is 1. The number of ether oxygens (including phenoxy) is 2. The maximum absolute atomic E-state index is 12.4. The van der Waals surface area contributed by atoms with E-state index in [4.69, 9.17) is 15.2 Å². The van der Waals surface area contributed by atoms with Crippen LogP contribution < -0.4 is 20.8 Å². The molecule has 160 valence electrons. The Bertz CT molecular complexity index is 1230. The highest BCUT2D eigenvalue weighted by atomic mass is 16.5. The van der Waals surface area contributed by atoms with Crippen molar-refractivity contribution in [2.75, 3.05) is 12.8 Å². The molecule has 1 aromatic heterocycles. The van der Waals surface area contributed by atoms with Gasteiger partial charge in [-0.2, -0.15) is 0 Å². The summed E-state index contributed by atoms with van der Waals surface area (Å²) in [5.74, 6) is -3.26. The number of rotatable bonds is 7. The monoisotopic (exact) mass is 424 g/mol. The molecule has 5 N–H and O–H groups in total. The largest absolute Gasteiger partial charge is 0.493 e. The summed E-state index contributed by atoms with van der Waals surface area (Å²) in [4.78, 5) is 38.2. The molecule has 0 aliphatic rings. The molecule has 0 spiro atoms. The number of carboxylic acids is 2. The van der Waals surface area contributed by atoms with Crippen LogP contribution in [0.15, 0.2) is 47.3 Å². The average Bonchev–Trinajstić information content (AvgIpc) is 2.70. The SMILES string of the molecule is COc1cccc(-c2c(C(=O)O)c(N)[nH]c(=O)c2C(=O)O)c1OCc1cccc(C)c1. The number of benzene rings is 2. The Kier molecular flexibility index (Phi) is 5.96. The molecule has 0 aliphatic heterocycles. The second-order valence-electron chi connectivity index (χ2n) is 6.72. The third-order valence-electron chi connectivity index (χ3n) is 4.61. The van der Waals surface area contributed by atoms with E-state index in [0.717, 1.165) is 11.1 Å². The van der Waals surface area contributed by atoms with Crippen molar-refractivity contribution >= 4 is 17.8 Å². The molecule has 0 bridgehead atoms. The van der Waals surface area contributed by atoms with Gasteiger partial charge < -0.3 is 30.4 Å². The Labute approximate surface area is 176 Å². The fourth-order valence-electron chi connectivity index (χ4n) is 3.30. The van der Waals surface area contributed by atoms with Gasteiger partial charge in [0.1, 0.15) is 23.6 Å². The van der Waals surface area contributed by atoms with Gasteiger partial charge in [-0.15, -0.1) is 0 Å². The topological polar surface area (TPSA) is 152 Å². The van der Waals surface area contributed by atoms with E-state index in [-0.39, 0.29) is 29.2 Å². The van der Waals surface area contributed by atoms with Gasteiger partial charge in [-0.3, -0.25) is 4.79 Å². The highest BCUT2D eigenvalue weighted by molar-refractivity contribution is 6.08. The lowest BCUT2D eigenvalue weighted by Crippen LogP contribution is -2.24. The first-order valence-electron chi connectivity index (χ1n) is 9.12. The van der Waals surface area contributed by atoms with Crippen molar-refractivity contribution in [1.29, 1.82) is 0 Å². The van der Waals surface area contributed by atoms with Crippen molar-refractivity contribution < 1.29 is 29.3 Å². The van der Waals surface area contributed by atoms with Crippen LogP contribution in [0.1, 0.15) is 31.8 Å². The van der Waals surface area contributed by atoms with Crippen LogP contribution in [-0.2, 0) is 6.61 Å². The van der Waals surface area contributed by atoms with Crippen LogP contribution >= 0.6 is 0 Å². The lowest BCUT2D eigenvalue weighted by Gasteiger charge is -2.18. The van der Waals surface area contributed by atoms with Crippen LogP contribution in [0.3, 0.4) is 0 Å². The third kappa shape index (κ3) is 4.20. The van der Waals surface area contributed by atoms with E-state index in [1.807, 2.05) is 31.2 Å². The Hall–Kier alpha value is -4.27. The molecule has 31 heavy (non-hydrogen) atoms. The van der Waals surface area contributed by atoms with Crippen molar-refractivity contribution in [2.24, 2.45) is 0 Å². The number of aromatic carboxylic acids is 2. The Balaban J connectivity index is 2.28. The summed E-state index contributed by atoms with van der Waals surface area (Å²) in [6.07, 6.45) is 0. The normalized spacial score (nSPS) is 10.5. The van der Waals surface area contributed by atoms with Crippen LogP contribution in [0.25, 0.3) is 11.1 Å². The average molecular weight is 424 g/mol. The van der Waals surface area contributed by atoms with Crippen molar-refractivity contribution in [3.8, 4) is 22.6 Å². The van der Waals surface area contributed by atoms with E-state index in [9.17, 15) is 24.6 Å². The molecular formula is C22H20N2O7. The summed E-state index contributed by atoms with van der Waals surface area (Å²) >= 11 is 0. The molecule has 0 amide bonds. The number of nitrogens with two attached hydrogens (primary N) is 1. The van der Waals surface area contributed by atoms with E-state index < -0.39 is 34.4 Å². The first-order valence-corrected chi connectivity index (χ1v) is 9.12. The van der Waals surface area contributed by atoms with E-state index in [1.54, 1.807) is 6.07 Å². The number of pyridine rings is 1. The van der Waals surface area contributed by atoms with E-state index >= 15 is 0 Å². The van der Waals surface area contributed by atoms with Gasteiger partial charge in [0.25, 0.3) is 5.56 Å². The first-order chi connectivity index (χ1) is 14.7. The van der Waals surface area contributed by atoms with Gasteiger partial charge in [0.2, 0.25) is 0 Å². The molecule has 0 unspecified atom stereocenters. The minimum atomic E-state index is -1.61. The number of nitrogens with one attached hydrogen (secondary N) is 1. The van der Waals surface area contributed by atoms with Gasteiger partial charge in [0, 0.05) is 11.1 Å². The van der Waals surface area contributed by atoms with Crippen LogP contribution in [0.4, 0.5) is 5.82 Å². The molecule has 0 fully saturated rings. The summed E-state index contributed by atoms with van der Waals surface area (Å²) in [6.45, 7) is 2.02. The van der Waals surface area contributed by atoms with Gasteiger partial charge in [-0.25, -0.2) is 9.59 Å². The zero-order valence-electron chi connectivity index (χ0n) is 16.8. The number of aromatic nitrogens is 1. The number of nitrogen functional groups attached to an aromatic ring is 1. The number of aryl methyl sites for hydroxylation is 1. The molecule has 9 heteroatoms. The van der Waals surface area contributed by atoms with Crippen LogP contribution in [0.2, 0.25) is 0 Å². The molecule has 2 aromatic carbocycles. The molecule has 0 atom stereocenters. The van der Waals surface area contributed by atoms with E-state index in [1.165, 1.54) is 19.2 Å². The summed E-state index contributed by atoms with van der Waals surface area (Å²) in [6, 6.07) is 12.1. The van der Waals surface area contributed by atoms with Gasteiger partial charge in [-0.1, -0.05) is 42.0 Å². The number of para-hydroxylation sites is 1. The van der Waals surface area contributed by atoms with Gasteiger partial charge in [0.15, 0.2) is 11.5 Å². The molecule has 0 saturated carbocycles. The maximum Gasteiger partial charge on any atom is 0.342 e. The molecule has 1 heterocycles. The Morgan fingerprint density at radius 3 is 2.35 bits per heavy atom. The second-order valence-corrected chi connectivity index (χ2v) is 6.72. The van der Waals surface area contributed by atoms with Crippen LogP contribution in [0, 0.1) is 6.92 Å². The number of carboxylic acid groups (broad SMARTS) is 2. The number of aromatic amines is 1. The molecule has 3 rings (SSSR count). The van der Waals surface area contributed by atoms with Crippen molar-refractivity contribution in [2.45, 2.75) is 13.5 Å². The van der Waals surface area contributed by atoms with Crippen LogP contribution in [0.5, 0.6) is 11.5 Å². The summed E-state index contributed by atoms with van der Waals surface area (Å²) < 4.78 is 11.3. The highest BCUT2D eigenvalue weighted by Gasteiger charge is 2.29. The number of hydrogen-bond acceptors (Lipinski definition) is 6. The van der Waals surface area contributed by atoms with Crippen molar-refractivity contribution in [1.82, 2.24) is 4.98 Å². The molecule has 9 nitrogen and oxygen atoms in total. The minimum absolute atomic E-state index is 0.0552. The fourth-order valence-corrected chi connectivity index (χ4v) is 3.30. The van der Waals surface area contributed by atoms with Gasteiger partial charge >= 0.3 is 11.9 Å². The van der Waals surface area contributed by atoms with E-state index in [2.05, 4.69) is 4.98 Å². The maximum atomic E-state index is 12.4. The predicted octanol–water partition coefficient (Wildman–Crippen LogP) is 2.92. The smallest absolute Gasteiger partial charge is 0.342 e. The zero-order valence-corrected chi connectivity index (χ0v) is 16.8. The molecule has 3 aromatic rings.